The molecular weight excluding hydrogens is 316 g/mol. The van der Waals surface area contributed by atoms with E-state index in [2.05, 4.69) is 4.72 Å². The largest absolute Gasteiger partial charge is 0.495 e. The molecule has 0 unspecified atom stereocenters. The number of ether oxygens (including phenoxy) is 2. The van der Waals surface area contributed by atoms with Crippen LogP contribution >= 0.6 is 11.6 Å². The third kappa shape index (κ3) is 5.12. The lowest BCUT2D eigenvalue weighted by atomic mass is 10.2. The van der Waals surface area contributed by atoms with Crippen molar-refractivity contribution in [1.29, 1.82) is 0 Å². The molecule has 0 heterocycles. The first-order chi connectivity index (χ1) is 9.81. The van der Waals surface area contributed by atoms with Gasteiger partial charge in [0.25, 0.3) is 0 Å². The second-order valence-electron chi connectivity index (χ2n) is 4.62. The average molecular weight is 337 g/mol. The van der Waals surface area contributed by atoms with Crippen molar-refractivity contribution in [2.75, 3.05) is 20.3 Å². The van der Waals surface area contributed by atoms with Crippen LogP contribution in [-0.4, -0.2) is 34.8 Å². The molecule has 0 spiro atoms. The number of nitrogens with two attached hydrogens (primary N) is 1. The molecule has 6 nitrogen and oxygen atoms in total. The summed E-state index contributed by atoms with van der Waals surface area (Å²) in [6.07, 6.45) is 0.0408. The summed E-state index contributed by atoms with van der Waals surface area (Å²) in [5.41, 5.74) is 6.12. The lowest BCUT2D eigenvalue weighted by Crippen LogP contribution is -2.28. The third-order valence-electron chi connectivity index (χ3n) is 2.66. The van der Waals surface area contributed by atoms with Gasteiger partial charge in [0, 0.05) is 23.7 Å². The van der Waals surface area contributed by atoms with Crippen LogP contribution in [-0.2, 0) is 21.3 Å². The van der Waals surface area contributed by atoms with Crippen molar-refractivity contribution in [1.82, 2.24) is 4.72 Å². The van der Waals surface area contributed by atoms with Crippen molar-refractivity contribution in [3.8, 4) is 5.75 Å². The minimum Gasteiger partial charge on any atom is -0.495 e. The zero-order valence-electron chi connectivity index (χ0n) is 12.3. The van der Waals surface area contributed by atoms with Crippen molar-refractivity contribution < 1.29 is 17.9 Å². The molecule has 0 aliphatic carbocycles. The molecule has 0 bridgehead atoms. The summed E-state index contributed by atoms with van der Waals surface area (Å²) in [5, 5.41) is 0.287. The van der Waals surface area contributed by atoms with Crippen LogP contribution in [0.25, 0.3) is 0 Å². The molecule has 1 aromatic carbocycles. The van der Waals surface area contributed by atoms with Crippen LogP contribution in [0.4, 0.5) is 0 Å². The van der Waals surface area contributed by atoms with Gasteiger partial charge in [0.2, 0.25) is 10.0 Å². The first-order valence-electron chi connectivity index (χ1n) is 6.49. The maximum Gasteiger partial charge on any atom is 0.244 e. The van der Waals surface area contributed by atoms with Crippen molar-refractivity contribution in [2.45, 2.75) is 31.4 Å². The Labute approximate surface area is 130 Å². The predicted octanol–water partition coefficient (Wildman–Crippen LogP) is 1.51. The molecule has 0 saturated carbocycles. The smallest absolute Gasteiger partial charge is 0.244 e. The second-order valence-corrected chi connectivity index (χ2v) is 6.79. The van der Waals surface area contributed by atoms with Gasteiger partial charge in [-0.15, -0.1) is 0 Å². The lowest BCUT2D eigenvalue weighted by Gasteiger charge is -2.15. The number of methoxy groups -OCH3 is 1. The molecule has 0 atom stereocenters. The van der Waals surface area contributed by atoms with E-state index in [-0.39, 0.29) is 41.5 Å². The molecule has 21 heavy (non-hydrogen) atoms. The van der Waals surface area contributed by atoms with E-state index in [1.165, 1.54) is 13.2 Å². The van der Waals surface area contributed by atoms with Gasteiger partial charge in [-0.2, -0.15) is 0 Å². The fraction of sp³-hybridized carbons (Fsp3) is 0.538. The Kier molecular flexibility index (Phi) is 6.89. The van der Waals surface area contributed by atoms with Gasteiger partial charge in [0.05, 0.1) is 19.8 Å². The van der Waals surface area contributed by atoms with E-state index < -0.39 is 10.0 Å². The SMILES string of the molecule is COc1c(CN)cc(Cl)cc1S(=O)(=O)NCCOC(C)C. The fourth-order valence-electron chi connectivity index (χ4n) is 1.75. The van der Waals surface area contributed by atoms with Crippen LogP contribution in [0.2, 0.25) is 5.02 Å². The molecule has 8 heteroatoms. The Morgan fingerprint density at radius 2 is 2.05 bits per heavy atom. The van der Waals surface area contributed by atoms with Crippen molar-refractivity contribution in [3.63, 3.8) is 0 Å². The number of benzene rings is 1. The van der Waals surface area contributed by atoms with Crippen LogP contribution in [0.3, 0.4) is 0 Å². The normalized spacial score (nSPS) is 11.9. The maximum atomic E-state index is 12.3. The van der Waals surface area contributed by atoms with E-state index in [0.717, 1.165) is 0 Å². The summed E-state index contributed by atoms with van der Waals surface area (Å²) in [5.74, 6) is 0.208. The van der Waals surface area contributed by atoms with Crippen molar-refractivity contribution in [3.05, 3.63) is 22.7 Å². The van der Waals surface area contributed by atoms with E-state index in [1.807, 2.05) is 13.8 Å². The molecular formula is C13H21ClN2O4S. The summed E-state index contributed by atoms with van der Waals surface area (Å²) in [6.45, 7) is 4.32. The first kappa shape index (κ1) is 18.2. The van der Waals surface area contributed by atoms with Gasteiger partial charge in [-0.3, -0.25) is 0 Å². The number of nitrogens with one attached hydrogen (secondary N) is 1. The highest BCUT2D eigenvalue weighted by Crippen LogP contribution is 2.31. The van der Waals surface area contributed by atoms with E-state index in [0.29, 0.717) is 5.56 Å². The number of rotatable bonds is 8. The molecule has 0 aliphatic rings. The van der Waals surface area contributed by atoms with Crippen molar-refractivity contribution in [2.24, 2.45) is 5.73 Å². The van der Waals surface area contributed by atoms with Crippen molar-refractivity contribution >= 4 is 21.6 Å². The second kappa shape index (κ2) is 7.95. The van der Waals surface area contributed by atoms with Crippen LogP contribution in [0.1, 0.15) is 19.4 Å². The molecule has 0 radical (unpaired) electrons. The molecule has 1 rings (SSSR count). The molecule has 3 N–H and O–H groups in total. The number of hydrogen-bond acceptors (Lipinski definition) is 5. The Hall–Kier alpha value is -0.860. The Morgan fingerprint density at radius 1 is 1.38 bits per heavy atom. The minimum atomic E-state index is -3.75. The fourth-order valence-corrected chi connectivity index (χ4v) is 3.31. The first-order valence-corrected chi connectivity index (χ1v) is 8.35. The van der Waals surface area contributed by atoms with Gasteiger partial charge in [0.1, 0.15) is 10.6 Å². The van der Waals surface area contributed by atoms with Gasteiger partial charge in [-0.05, 0) is 26.0 Å². The Morgan fingerprint density at radius 3 is 2.57 bits per heavy atom. The van der Waals surface area contributed by atoms with E-state index in [1.54, 1.807) is 6.07 Å². The van der Waals surface area contributed by atoms with E-state index >= 15 is 0 Å². The summed E-state index contributed by atoms with van der Waals surface area (Å²) >= 11 is 5.94. The summed E-state index contributed by atoms with van der Waals surface area (Å²) < 4.78 is 37.6. The van der Waals surface area contributed by atoms with Crippen LogP contribution in [0.15, 0.2) is 17.0 Å². The Balaban J connectivity index is 2.99. The van der Waals surface area contributed by atoms with Gasteiger partial charge in [-0.25, -0.2) is 13.1 Å². The molecule has 1 aromatic rings. The topological polar surface area (TPSA) is 90.7 Å². The molecule has 0 fully saturated rings. The number of hydrogen-bond donors (Lipinski definition) is 2. The monoisotopic (exact) mass is 336 g/mol. The third-order valence-corrected chi connectivity index (χ3v) is 4.34. The zero-order chi connectivity index (χ0) is 16.0. The maximum absolute atomic E-state index is 12.3. The van der Waals surface area contributed by atoms with Gasteiger partial charge in [0.15, 0.2) is 0 Å². The zero-order valence-corrected chi connectivity index (χ0v) is 13.9. The number of halogens is 1. The van der Waals surface area contributed by atoms with Gasteiger partial charge >= 0.3 is 0 Å². The Bertz CT molecular complexity index is 576. The lowest BCUT2D eigenvalue weighted by molar-refractivity contribution is 0.0834. The molecule has 0 saturated heterocycles. The molecule has 0 aromatic heterocycles. The van der Waals surface area contributed by atoms with E-state index in [9.17, 15) is 8.42 Å². The van der Waals surface area contributed by atoms with Gasteiger partial charge in [-0.1, -0.05) is 11.6 Å². The highest BCUT2D eigenvalue weighted by atomic mass is 35.5. The molecule has 120 valence electrons. The van der Waals surface area contributed by atoms with Gasteiger partial charge < -0.3 is 15.2 Å². The minimum absolute atomic E-state index is 0.0255. The highest BCUT2D eigenvalue weighted by Gasteiger charge is 2.22. The van der Waals surface area contributed by atoms with Crippen LogP contribution < -0.4 is 15.2 Å². The average Bonchev–Trinajstić information content (AvgIpc) is 2.42. The standard InChI is InChI=1S/C13H21ClN2O4S/c1-9(2)20-5-4-16-21(17,18)12-7-11(14)6-10(8-15)13(12)19-3/h6-7,9,16H,4-5,8,15H2,1-3H3. The summed E-state index contributed by atoms with van der Waals surface area (Å²) in [7, 11) is -2.36. The van der Waals surface area contributed by atoms with E-state index in [4.69, 9.17) is 26.8 Å². The summed E-state index contributed by atoms with van der Waals surface area (Å²) in [6, 6.07) is 2.92. The summed E-state index contributed by atoms with van der Waals surface area (Å²) in [4.78, 5) is -0.0255. The number of sulfonamides is 1. The quantitative estimate of drug-likeness (QED) is 0.702. The predicted molar refractivity (Wildman–Crippen MR) is 82.2 cm³/mol. The van der Waals surface area contributed by atoms with Crippen LogP contribution in [0.5, 0.6) is 5.75 Å². The van der Waals surface area contributed by atoms with Crippen LogP contribution in [0, 0.1) is 0 Å². The molecule has 0 amide bonds. The highest BCUT2D eigenvalue weighted by molar-refractivity contribution is 7.89. The molecule has 0 aliphatic heterocycles.